The molecule has 0 spiro atoms. The van der Waals surface area contributed by atoms with Gasteiger partial charge in [-0.15, -0.1) is 0 Å². The van der Waals surface area contributed by atoms with Crippen molar-refractivity contribution in [2.24, 2.45) is 10.7 Å². The van der Waals surface area contributed by atoms with E-state index in [4.69, 9.17) is 11.1 Å². The molecule has 29 heavy (non-hydrogen) atoms. The average molecular weight is 377 g/mol. The number of allylic oxidation sites excluding steroid dienone is 4. The van der Waals surface area contributed by atoms with Crippen LogP contribution in [0, 0.1) is 5.41 Å². The van der Waals surface area contributed by atoms with Gasteiger partial charge in [0, 0.05) is 11.1 Å². The molecule has 0 bridgehead atoms. The van der Waals surface area contributed by atoms with Crippen molar-refractivity contribution in [3.8, 4) is 11.1 Å². The van der Waals surface area contributed by atoms with Gasteiger partial charge in [0.05, 0.1) is 0 Å². The smallest absolute Gasteiger partial charge is 0.154 e. The molecule has 0 saturated heterocycles. The molecule has 142 valence electrons. The molecule has 0 aliphatic rings. The number of hydrogen-bond donors (Lipinski definition) is 2. The van der Waals surface area contributed by atoms with E-state index in [1.54, 1.807) is 12.2 Å². The molecule has 0 aliphatic carbocycles. The lowest BCUT2D eigenvalue weighted by molar-refractivity contribution is 1.39. The summed E-state index contributed by atoms with van der Waals surface area (Å²) in [5.41, 5.74) is 11.7. The number of hydrogen-bond acceptors (Lipinski definition) is 1. The third-order valence-electron chi connectivity index (χ3n) is 4.48. The Labute approximate surface area is 171 Å². The maximum absolute atomic E-state index is 8.39. The van der Waals surface area contributed by atoms with Crippen LogP contribution in [-0.4, -0.2) is 11.7 Å². The van der Waals surface area contributed by atoms with Gasteiger partial charge in [0.15, 0.2) is 5.84 Å². The summed E-state index contributed by atoms with van der Waals surface area (Å²) in [6.07, 6.45) is 5.35. The fourth-order valence-electron chi connectivity index (χ4n) is 2.99. The molecule has 0 radical (unpaired) electrons. The normalized spacial score (nSPS) is 11.7. The topological polar surface area (TPSA) is 62.2 Å². The zero-order valence-corrected chi connectivity index (χ0v) is 16.2. The lowest BCUT2D eigenvalue weighted by Gasteiger charge is -2.07. The van der Waals surface area contributed by atoms with Gasteiger partial charge in [0.2, 0.25) is 0 Å². The SMILES string of the molecule is C=C/C=C(\C=C)c1cccc(C(=N)N=C(N)c2cccc(-c3ccccc3)c2)c1. The molecule has 0 aliphatic heterocycles. The van der Waals surface area contributed by atoms with Crippen LogP contribution >= 0.6 is 0 Å². The van der Waals surface area contributed by atoms with E-state index in [-0.39, 0.29) is 5.84 Å². The van der Waals surface area contributed by atoms with Crippen molar-refractivity contribution in [2.75, 3.05) is 0 Å². The van der Waals surface area contributed by atoms with E-state index in [0.717, 1.165) is 27.8 Å². The highest BCUT2D eigenvalue weighted by atomic mass is 14.9. The third-order valence-corrected chi connectivity index (χ3v) is 4.48. The van der Waals surface area contributed by atoms with Crippen molar-refractivity contribution in [2.45, 2.75) is 0 Å². The van der Waals surface area contributed by atoms with Crippen LogP contribution in [0.2, 0.25) is 0 Å². The molecule has 0 unspecified atom stereocenters. The van der Waals surface area contributed by atoms with Gasteiger partial charge < -0.3 is 5.73 Å². The Hall–Kier alpha value is -3.98. The molecule has 3 aromatic carbocycles. The number of nitrogens with one attached hydrogen (secondary N) is 1. The second-order valence-electron chi connectivity index (χ2n) is 6.44. The molecular weight excluding hydrogens is 354 g/mol. The van der Waals surface area contributed by atoms with Gasteiger partial charge in [-0.05, 0) is 34.4 Å². The van der Waals surface area contributed by atoms with Gasteiger partial charge in [0.25, 0.3) is 0 Å². The summed E-state index contributed by atoms with van der Waals surface area (Å²) >= 11 is 0. The van der Waals surface area contributed by atoms with Crippen molar-refractivity contribution < 1.29 is 0 Å². The standard InChI is InChI=1S/C26H23N3/c1-3-10-19(4-2)21-13-8-15-23(17-21)25(27)29-26(28)24-16-9-14-22(18-24)20-11-6-5-7-12-20/h3-18H,1-2H2,(H3,27,28,29)/b19-10+. The van der Waals surface area contributed by atoms with Gasteiger partial charge in [-0.25, -0.2) is 4.99 Å². The summed E-state index contributed by atoms with van der Waals surface area (Å²) in [7, 11) is 0. The van der Waals surface area contributed by atoms with E-state index >= 15 is 0 Å². The van der Waals surface area contributed by atoms with Crippen LogP contribution in [0.4, 0.5) is 0 Å². The highest BCUT2D eigenvalue weighted by Gasteiger charge is 2.07. The third kappa shape index (κ3) is 4.85. The van der Waals surface area contributed by atoms with Crippen molar-refractivity contribution in [1.82, 2.24) is 0 Å². The summed E-state index contributed by atoms with van der Waals surface area (Å²) in [6, 6.07) is 25.5. The maximum Gasteiger partial charge on any atom is 0.154 e. The van der Waals surface area contributed by atoms with Crippen LogP contribution in [0.15, 0.2) is 115 Å². The average Bonchev–Trinajstić information content (AvgIpc) is 2.78. The zero-order valence-electron chi connectivity index (χ0n) is 16.2. The Bertz CT molecular complexity index is 1110. The van der Waals surface area contributed by atoms with Crippen LogP contribution in [-0.2, 0) is 0 Å². The largest absolute Gasteiger partial charge is 0.383 e. The van der Waals surface area contributed by atoms with E-state index in [0.29, 0.717) is 11.4 Å². The Morgan fingerprint density at radius 2 is 1.45 bits per heavy atom. The number of benzene rings is 3. The number of aliphatic imine (C=N–C) groups is 1. The summed E-state index contributed by atoms with van der Waals surface area (Å²) < 4.78 is 0. The van der Waals surface area contributed by atoms with E-state index in [9.17, 15) is 0 Å². The van der Waals surface area contributed by atoms with Crippen LogP contribution in [0.3, 0.4) is 0 Å². The highest BCUT2D eigenvalue weighted by Crippen LogP contribution is 2.21. The molecular formula is C26H23N3. The number of nitrogens with two attached hydrogens (primary N) is 1. The first kappa shape index (κ1) is 19.8. The minimum Gasteiger partial charge on any atom is -0.383 e. The molecule has 3 heteroatoms. The molecule has 3 nitrogen and oxygen atoms in total. The van der Waals surface area contributed by atoms with Crippen LogP contribution in [0.5, 0.6) is 0 Å². The molecule has 0 saturated carbocycles. The molecule has 0 atom stereocenters. The summed E-state index contributed by atoms with van der Waals surface area (Å²) in [5, 5.41) is 8.39. The Morgan fingerprint density at radius 1 is 0.793 bits per heavy atom. The van der Waals surface area contributed by atoms with Crippen LogP contribution in [0.25, 0.3) is 16.7 Å². The molecule has 0 aromatic heterocycles. The van der Waals surface area contributed by atoms with E-state index in [1.165, 1.54) is 0 Å². The Kier molecular flexibility index (Phi) is 6.33. The van der Waals surface area contributed by atoms with Gasteiger partial charge >= 0.3 is 0 Å². The van der Waals surface area contributed by atoms with Crippen molar-refractivity contribution >= 4 is 17.2 Å². The number of nitrogens with zero attached hydrogens (tertiary/aromatic N) is 1. The molecule has 3 N–H and O–H groups in total. The molecule has 0 amide bonds. The molecule has 0 heterocycles. The minimum absolute atomic E-state index is 0.108. The number of rotatable bonds is 6. The van der Waals surface area contributed by atoms with Gasteiger partial charge in [-0.2, -0.15) is 0 Å². The van der Waals surface area contributed by atoms with Crippen LogP contribution in [0.1, 0.15) is 16.7 Å². The van der Waals surface area contributed by atoms with Gasteiger partial charge in [-0.1, -0.05) is 98.1 Å². The van der Waals surface area contributed by atoms with Crippen LogP contribution < -0.4 is 5.73 Å². The molecule has 3 rings (SSSR count). The predicted molar refractivity (Wildman–Crippen MR) is 124 cm³/mol. The quantitative estimate of drug-likeness (QED) is 0.316. The molecule has 0 fully saturated rings. The van der Waals surface area contributed by atoms with Gasteiger partial charge in [0.1, 0.15) is 5.84 Å². The minimum atomic E-state index is 0.108. The first-order valence-electron chi connectivity index (χ1n) is 9.27. The predicted octanol–water partition coefficient (Wildman–Crippen LogP) is 5.84. The summed E-state index contributed by atoms with van der Waals surface area (Å²) in [6.45, 7) is 7.56. The number of amidine groups is 2. The van der Waals surface area contributed by atoms with Crippen molar-refractivity contribution in [3.05, 3.63) is 127 Å². The van der Waals surface area contributed by atoms with E-state index in [1.807, 2.05) is 84.9 Å². The molecule has 3 aromatic rings. The van der Waals surface area contributed by atoms with Gasteiger partial charge in [-0.3, -0.25) is 5.41 Å². The first-order valence-corrected chi connectivity index (χ1v) is 9.27. The Morgan fingerprint density at radius 3 is 2.17 bits per heavy atom. The highest BCUT2D eigenvalue weighted by molar-refractivity contribution is 6.10. The maximum atomic E-state index is 8.39. The monoisotopic (exact) mass is 377 g/mol. The van der Waals surface area contributed by atoms with Crippen molar-refractivity contribution in [1.29, 1.82) is 5.41 Å². The summed E-state index contributed by atoms with van der Waals surface area (Å²) in [4.78, 5) is 4.34. The first-order chi connectivity index (χ1) is 14.1. The fraction of sp³-hybridized carbons (Fsp3) is 0. The second kappa shape index (κ2) is 9.29. The lowest BCUT2D eigenvalue weighted by atomic mass is 10.0. The van der Waals surface area contributed by atoms with Crippen molar-refractivity contribution in [3.63, 3.8) is 0 Å². The lowest BCUT2D eigenvalue weighted by Crippen LogP contribution is -2.16. The second-order valence-corrected chi connectivity index (χ2v) is 6.44. The fourth-order valence-corrected chi connectivity index (χ4v) is 2.99. The Balaban J connectivity index is 1.89. The summed E-state index contributed by atoms with van der Waals surface area (Å²) in [5.74, 6) is 0.417. The van der Waals surface area contributed by atoms with E-state index < -0.39 is 0 Å². The van der Waals surface area contributed by atoms with E-state index in [2.05, 4.69) is 18.2 Å². The zero-order chi connectivity index (χ0) is 20.6.